The molecule has 0 radical (unpaired) electrons. The molecule has 102 valence electrons. The normalized spacial score (nSPS) is 11.2. The van der Waals surface area contributed by atoms with Crippen molar-refractivity contribution in [2.45, 2.75) is 6.92 Å². The largest absolute Gasteiger partial charge is 0.272 e. The molecule has 2 rings (SSSR count). The van der Waals surface area contributed by atoms with Crippen LogP contribution in [-0.2, 0) is 0 Å². The van der Waals surface area contributed by atoms with Crippen LogP contribution in [0.4, 0.5) is 0 Å². The van der Waals surface area contributed by atoms with Gasteiger partial charge in [0.15, 0.2) is 0 Å². The molecule has 0 bridgehead atoms. The zero-order chi connectivity index (χ0) is 14.5. The minimum atomic E-state index is -0.265. The van der Waals surface area contributed by atoms with E-state index < -0.39 is 0 Å². The highest BCUT2D eigenvalue weighted by Gasteiger charge is 2.08. The van der Waals surface area contributed by atoms with E-state index in [2.05, 4.69) is 26.5 Å². The van der Waals surface area contributed by atoms with Crippen molar-refractivity contribution in [1.29, 1.82) is 0 Å². The maximum atomic E-state index is 12.0. The summed E-state index contributed by atoms with van der Waals surface area (Å²) in [6.07, 6.45) is 0. The highest BCUT2D eigenvalue weighted by molar-refractivity contribution is 9.10. The summed E-state index contributed by atoms with van der Waals surface area (Å²) in [4.78, 5) is 12.0. The Kier molecular flexibility index (Phi) is 4.93. The third kappa shape index (κ3) is 3.68. The van der Waals surface area contributed by atoms with Crippen molar-refractivity contribution in [3.63, 3.8) is 0 Å². The van der Waals surface area contributed by atoms with Crippen LogP contribution in [0.1, 0.15) is 22.8 Å². The molecule has 0 spiro atoms. The summed E-state index contributed by atoms with van der Waals surface area (Å²) < 4.78 is 0.730. The second kappa shape index (κ2) is 6.68. The van der Waals surface area contributed by atoms with Crippen LogP contribution in [0.5, 0.6) is 0 Å². The first-order valence-electron chi connectivity index (χ1n) is 5.93. The number of hydrogen-bond acceptors (Lipinski definition) is 2. The molecule has 0 fully saturated rings. The highest BCUT2D eigenvalue weighted by atomic mass is 79.9. The zero-order valence-corrected chi connectivity index (χ0v) is 13.1. The number of benzene rings is 2. The summed E-state index contributed by atoms with van der Waals surface area (Å²) in [6, 6.07) is 14.5. The number of hydrogen-bond donors (Lipinski definition) is 1. The number of rotatable bonds is 3. The summed E-state index contributed by atoms with van der Waals surface area (Å²) in [5, 5.41) is 4.72. The van der Waals surface area contributed by atoms with Crippen LogP contribution >= 0.6 is 27.5 Å². The van der Waals surface area contributed by atoms with Crippen molar-refractivity contribution in [2.24, 2.45) is 5.10 Å². The molecule has 0 aromatic heterocycles. The minimum Gasteiger partial charge on any atom is -0.267 e. The third-order valence-electron chi connectivity index (χ3n) is 2.69. The lowest BCUT2D eigenvalue weighted by Gasteiger charge is -2.04. The molecule has 0 aliphatic carbocycles. The number of halogens is 2. The first-order valence-corrected chi connectivity index (χ1v) is 7.10. The summed E-state index contributed by atoms with van der Waals surface area (Å²) >= 11 is 9.25. The Labute approximate surface area is 130 Å². The Morgan fingerprint density at radius 1 is 1.20 bits per heavy atom. The molecule has 0 unspecified atom stereocenters. The zero-order valence-electron chi connectivity index (χ0n) is 10.7. The summed E-state index contributed by atoms with van der Waals surface area (Å²) in [5.74, 6) is -0.265. The molecule has 2 aromatic rings. The van der Waals surface area contributed by atoms with Gasteiger partial charge in [-0.15, -0.1) is 0 Å². The van der Waals surface area contributed by atoms with Gasteiger partial charge in [-0.1, -0.05) is 35.9 Å². The Morgan fingerprint density at radius 3 is 2.65 bits per heavy atom. The highest BCUT2D eigenvalue weighted by Crippen LogP contribution is 2.15. The number of nitrogens with one attached hydrogen (secondary N) is 1. The van der Waals surface area contributed by atoms with Crippen LogP contribution in [-0.4, -0.2) is 11.6 Å². The van der Waals surface area contributed by atoms with Crippen molar-refractivity contribution in [2.75, 3.05) is 0 Å². The Balaban J connectivity index is 2.13. The standard InChI is InChI=1S/C15H12BrClN2O/c1-10(11-5-4-6-12(17)9-11)18-19-15(20)13-7-2-3-8-14(13)16/h2-9H,1H3,(H,19,20)/b18-10+. The molecule has 1 N–H and O–H groups in total. The van der Waals surface area contributed by atoms with E-state index in [1.54, 1.807) is 24.3 Å². The second-order valence-corrected chi connectivity index (χ2v) is 5.42. The molecular formula is C15H12BrClN2O. The van der Waals surface area contributed by atoms with E-state index in [-0.39, 0.29) is 5.91 Å². The predicted octanol–water partition coefficient (Wildman–Crippen LogP) is 4.26. The first-order chi connectivity index (χ1) is 9.58. The number of carbonyl (C=O) groups excluding carboxylic acids is 1. The van der Waals surface area contributed by atoms with Crippen molar-refractivity contribution in [1.82, 2.24) is 5.43 Å². The van der Waals surface area contributed by atoms with Crippen LogP contribution in [0, 0.1) is 0 Å². The van der Waals surface area contributed by atoms with Gasteiger partial charge in [0, 0.05) is 9.50 Å². The fraction of sp³-hybridized carbons (Fsp3) is 0.0667. The van der Waals surface area contributed by atoms with Crippen molar-refractivity contribution < 1.29 is 4.79 Å². The van der Waals surface area contributed by atoms with E-state index in [9.17, 15) is 4.79 Å². The Hall–Kier alpha value is -1.65. The van der Waals surface area contributed by atoms with Crippen LogP contribution in [0.25, 0.3) is 0 Å². The Morgan fingerprint density at radius 2 is 1.95 bits per heavy atom. The lowest BCUT2D eigenvalue weighted by atomic mass is 10.1. The summed E-state index contributed by atoms with van der Waals surface area (Å²) in [5.41, 5.74) is 4.62. The number of hydrazone groups is 1. The van der Waals surface area contributed by atoms with Crippen LogP contribution in [0.15, 0.2) is 58.1 Å². The van der Waals surface area contributed by atoms with Gasteiger partial charge in [0.2, 0.25) is 0 Å². The van der Waals surface area contributed by atoms with Crippen molar-refractivity contribution >= 4 is 39.1 Å². The maximum absolute atomic E-state index is 12.0. The van der Waals surface area contributed by atoms with Gasteiger partial charge in [-0.25, -0.2) is 5.43 Å². The average molecular weight is 352 g/mol. The molecule has 0 saturated carbocycles. The Bertz CT molecular complexity index is 670. The van der Waals surface area contributed by atoms with Gasteiger partial charge in [0.1, 0.15) is 0 Å². The number of carbonyl (C=O) groups is 1. The molecule has 5 heteroatoms. The fourth-order valence-electron chi connectivity index (χ4n) is 1.62. The van der Waals surface area contributed by atoms with E-state index >= 15 is 0 Å². The summed E-state index contributed by atoms with van der Waals surface area (Å²) in [7, 11) is 0. The van der Waals surface area contributed by atoms with E-state index in [0.717, 1.165) is 10.0 Å². The smallest absolute Gasteiger partial charge is 0.267 e. The second-order valence-electron chi connectivity index (χ2n) is 4.13. The van der Waals surface area contributed by atoms with Crippen LogP contribution in [0.3, 0.4) is 0 Å². The van der Waals surface area contributed by atoms with Crippen molar-refractivity contribution in [3.8, 4) is 0 Å². The van der Waals surface area contributed by atoms with E-state index in [1.807, 2.05) is 31.2 Å². The van der Waals surface area contributed by atoms with Crippen LogP contribution < -0.4 is 5.43 Å². The van der Waals surface area contributed by atoms with Gasteiger partial charge in [-0.05, 0) is 52.7 Å². The average Bonchev–Trinajstić information content (AvgIpc) is 2.45. The van der Waals surface area contributed by atoms with Gasteiger partial charge in [0.25, 0.3) is 5.91 Å². The molecule has 0 aliphatic heterocycles. The fourth-order valence-corrected chi connectivity index (χ4v) is 2.27. The monoisotopic (exact) mass is 350 g/mol. The SMILES string of the molecule is C/C(=N\NC(=O)c1ccccc1Br)c1cccc(Cl)c1. The molecular weight excluding hydrogens is 340 g/mol. The predicted molar refractivity (Wildman–Crippen MR) is 85.3 cm³/mol. The molecule has 0 aliphatic rings. The maximum Gasteiger partial charge on any atom is 0.272 e. The topological polar surface area (TPSA) is 41.5 Å². The molecule has 3 nitrogen and oxygen atoms in total. The third-order valence-corrected chi connectivity index (χ3v) is 3.61. The van der Waals surface area contributed by atoms with Gasteiger partial charge < -0.3 is 0 Å². The van der Waals surface area contributed by atoms with E-state index in [1.165, 1.54) is 0 Å². The number of amides is 1. The molecule has 0 saturated heterocycles. The van der Waals surface area contributed by atoms with Gasteiger partial charge >= 0.3 is 0 Å². The summed E-state index contributed by atoms with van der Waals surface area (Å²) in [6.45, 7) is 1.81. The van der Waals surface area contributed by atoms with Gasteiger partial charge in [-0.2, -0.15) is 5.10 Å². The molecule has 1 amide bonds. The van der Waals surface area contributed by atoms with Crippen molar-refractivity contribution in [3.05, 3.63) is 69.2 Å². The van der Waals surface area contributed by atoms with E-state index in [0.29, 0.717) is 16.3 Å². The van der Waals surface area contributed by atoms with E-state index in [4.69, 9.17) is 11.6 Å². The minimum absolute atomic E-state index is 0.265. The molecule has 0 atom stereocenters. The molecule has 0 heterocycles. The molecule has 2 aromatic carbocycles. The van der Waals surface area contributed by atoms with Gasteiger partial charge in [0.05, 0.1) is 11.3 Å². The number of nitrogens with zero attached hydrogens (tertiary/aromatic N) is 1. The lowest BCUT2D eigenvalue weighted by molar-refractivity contribution is 0.0954. The quantitative estimate of drug-likeness (QED) is 0.651. The lowest BCUT2D eigenvalue weighted by Crippen LogP contribution is -2.19. The van der Waals surface area contributed by atoms with Crippen LogP contribution in [0.2, 0.25) is 5.02 Å². The molecule has 20 heavy (non-hydrogen) atoms. The first kappa shape index (κ1) is 14.8. The van der Waals surface area contributed by atoms with Gasteiger partial charge in [-0.3, -0.25) is 4.79 Å².